The van der Waals surface area contributed by atoms with Gasteiger partial charge in [-0.1, -0.05) is 30.7 Å². The molecule has 0 N–H and O–H groups in total. The van der Waals surface area contributed by atoms with Gasteiger partial charge < -0.3 is 4.74 Å². The van der Waals surface area contributed by atoms with Gasteiger partial charge in [-0.05, 0) is 30.7 Å². The summed E-state index contributed by atoms with van der Waals surface area (Å²) >= 11 is 6.08. The lowest BCUT2D eigenvalue weighted by Gasteiger charge is -2.33. The van der Waals surface area contributed by atoms with E-state index in [-0.39, 0.29) is 0 Å². The molecule has 2 saturated heterocycles. The normalized spacial score (nSPS) is 29.4. The number of ether oxygens (including phenoxy) is 1. The first kappa shape index (κ1) is 14.3. The summed E-state index contributed by atoms with van der Waals surface area (Å²) in [6.07, 6.45) is 0.389. The fourth-order valence-corrected chi connectivity index (χ4v) is 3.59. The van der Waals surface area contributed by atoms with Crippen molar-refractivity contribution in [3.63, 3.8) is 0 Å². The van der Waals surface area contributed by atoms with Crippen LogP contribution in [-0.4, -0.2) is 61.8 Å². The van der Waals surface area contributed by atoms with Gasteiger partial charge >= 0.3 is 0 Å². The molecule has 20 heavy (non-hydrogen) atoms. The fraction of sp³-hybridized carbons (Fsp3) is 0.625. The van der Waals surface area contributed by atoms with Crippen molar-refractivity contribution in [2.75, 3.05) is 39.8 Å². The molecule has 110 valence electrons. The van der Waals surface area contributed by atoms with E-state index < -0.39 is 0 Å². The summed E-state index contributed by atoms with van der Waals surface area (Å²) in [5.74, 6) is 0.499. The quantitative estimate of drug-likeness (QED) is 0.852. The lowest BCUT2D eigenvalue weighted by atomic mass is 10.0. The zero-order chi connectivity index (χ0) is 14.1. The molecule has 3 atom stereocenters. The second-order valence-corrected chi connectivity index (χ2v) is 6.57. The van der Waals surface area contributed by atoms with Gasteiger partial charge in [-0.3, -0.25) is 9.80 Å². The van der Waals surface area contributed by atoms with E-state index in [2.05, 4.69) is 35.9 Å². The molecule has 2 fully saturated rings. The predicted molar refractivity (Wildman–Crippen MR) is 82.5 cm³/mol. The molecule has 2 aliphatic heterocycles. The number of likely N-dealkylation sites (N-methyl/N-ethyl adjacent to an activating group) is 1. The summed E-state index contributed by atoms with van der Waals surface area (Å²) in [5, 5.41) is 0.826. The SMILES string of the molecule is CC(CN1CC2OCCN(C)C2C1)c1cccc(Cl)c1. The van der Waals surface area contributed by atoms with Crippen molar-refractivity contribution in [1.29, 1.82) is 0 Å². The van der Waals surface area contributed by atoms with Gasteiger partial charge in [0, 0.05) is 37.2 Å². The van der Waals surface area contributed by atoms with Crippen LogP contribution in [0.5, 0.6) is 0 Å². The molecule has 2 heterocycles. The minimum Gasteiger partial charge on any atom is -0.374 e. The zero-order valence-corrected chi connectivity index (χ0v) is 13.0. The largest absolute Gasteiger partial charge is 0.374 e. The number of benzene rings is 1. The number of hydrogen-bond donors (Lipinski definition) is 0. The Bertz CT molecular complexity index is 468. The van der Waals surface area contributed by atoms with Crippen LogP contribution < -0.4 is 0 Å². The third kappa shape index (κ3) is 3.01. The van der Waals surface area contributed by atoms with Crippen LogP contribution >= 0.6 is 11.6 Å². The van der Waals surface area contributed by atoms with Crippen LogP contribution in [-0.2, 0) is 4.74 Å². The number of likely N-dealkylation sites (tertiary alicyclic amines) is 1. The summed E-state index contributed by atoms with van der Waals surface area (Å²) in [6.45, 7) is 7.45. The second kappa shape index (κ2) is 6.02. The average molecular weight is 295 g/mol. The van der Waals surface area contributed by atoms with Gasteiger partial charge in [-0.15, -0.1) is 0 Å². The minimum atomic E-state index is 0.389. The maximum absolute atomic E-state index is 6.08. The molecule has 0 amide bonds. The molecule has 1 aromatic rings. The lowest BCUT2D eigenvalue weighted by Crippen LogP contribution is -2.48. The number of halogens is 1. The molecule has 1 aromatic carbocycles. The van der Waals surface area contributed by atoms with E-state index in [1.165, 1.54) is 5.56 Å². The van der Waals surface area contributed by atoms with Crippen molar-refractivity contribution in [3.8, 4) is 0 Å². The highest BCUT2D eigenvalue weighted by molar-refractivity contribution is 6.30. The lowest BCUT2D eigenvalue weighted by molar-refractivity contribution is -0.0369. The smallest absolute Gasteiger partial charge is 0.0869 e. The van der Waals surface area contributed by atoms with Crippen LogP contribution in [0.25, 0.3) is 0 Å². The number of rotatable bonds is 3. The number of fused-ring (bicyclic) bond motifs is 1. The van der Waals surface area contributed by atoms with E-state index in [9.17, 15) is 0 Å². The van der Waals surface area contributed by atoms with Crippen molar-refractivity contribution in [2.24, 2.45) is 0 Å². The Morgan fingerprint density at radius 2 is 2.25 bits per heavy atom. The molecular formula is C16H23ClN2O. The number of hydrogen-bond acceptors (Lipinski definition) is 3. The van der Waals surface area contributed by atoms with Crippen LogP contribution in [0.3, 0.4) is 0 Å². The number of nitrogens with zero attached hydrogens (tertiary/aromatic N) is 2. The van der Waals surface area contributed by atoms with Crippen molar-refractivity contribution in [2.45, 2.75) is 25.0 Å². The van der Waals surface area contributed by atoms with E-state index in [0.717, 1.165) is 37.8 Å². The standard InChI is InChI=1S/C16H23ClN2O/c1-12(13-4-3-5-14(17)8-13)9-19-10-15-16(11-19)20-7-6-18(15)2/h3-5,8,12,15-16H,6-7,9-11H2,1-2H3. The van der Waals surface area contributed by atoms with E-state index in [1.54, 1.807) is 0 Å². The highest BCUT2D eigenvalue weighted by Gasteiger charge is 2.38. The molecule has 0 spiro atoms. The maximum Gasteiger partial charge on any atom is 0.0869 e. The first-order chi connectivity index (χ1) is 9.63. The highest BCUT2D eigenvalue weighted by Crippen LogP contribution is 2.25. The summed E-state index contributed by atoms with van der Waals surface area (Å²) in [7, 11) is 2.21. The average Bonchev–Trinajstić information content (AvgIpc) is 2.83. The number of morpholine rings is 1. The van der Waals surface area contributed by atoms with Crippen LogP contribution in [0.2, 0.25) is 5.02 Å². The van der Waals surface area contributed by atoms with Gasteiger partial charge in [0.05, 0.1) is 12.7 Å². The Hall–Kier alpha value is -0.610. The zero-order valence-electron chi connectivity index (χ0n) is 12.3. The van der Waals surface area contributed by atoms with Gasteiger partial charge in [0.25, 0.3) is 0 Å². The molecule has 4 heteroatoms. The molecular weight excluding hydrogens is 272 g/mol. The molecule has 0 radical (unpaired) electrons. The van der Waals surface area contributed by atoms with Gasteiger partial charge in [0.2, 0.25) is 0 Å². The Labute approximate surface area is 126 Å². The molecule has 0 saturated carbocycles. The third-order valence-corrected chi connectivity index (χ3v) is 4.84. The van der Waals surface area contributed by atoms with Crippen molar-refractivity contribution < 1.29 is 4.74 Å². The van der Waals surface area contributed by atoms with Crippen LogP contribution in [0.1, 0.15) is 18.4 Å². The maximum atomic E-state index is 6.08. The van der Waals surface area contributed by atoms with Gasteiger partial charge in [-0.2, -0.15) is 0 Å². The van der Waals surface area contributed by atoms with E-state index in [4.69, 9.17) is 16.3 Å². The Morgan fingerprint density at radius 1 is 1.40 bits per heavy atom. The molecule has 3 rings (SSSR count). The van der Waals surface area contributed by atoms with Gasteiger partial charge in [0.15, 0.2) is 0 Å². The molecule has 0 bridgehead atoms. The van der Waals surface area contributed by atoms with Gasteiger partial charge in [0.1, 0.15) is 0 Å². The van der Waals surface area contributed by atoms with Crippen LogP contribution in [0, 0.1) is 0 Å². The summed E-state index contributed by atoms with van der Waals surface area (Å²) in [5.41, 5.74) is 1.32. The minimum absolute atomic E-state index is 0.389. The Morgan fingerprint density at radius 3 is 3.00 bits per heavy atom. The van der Waals surface area contributed by atoms with Gasteiger partial charge in [-0.25, -0.2) is 0 Å². The predicted octanol–water partition coefficient (Wildman–Crippen LogP) is 2.46. The summed E-state index contributed by atoms with van der Waals surface area (Å²) in [4.78, 5) is 4.97. The van der Waals surface area contributed by atoms with Crippen molar-refractivity contribution in [3.05, 3.63) is 34.9 Å². The van der Waals surface area contributed by atoms with Crippen molar-refractivity contribution >= 4 is 11.6 Å². The second-order valence-electron chi connectivity index (χ2n) is 6.13. The molecule has 0 aromatic heterocycles. The van der Waals surface area contributed by atoms with Crippen LogP contribution in [0.15, 0.2) is 24.3 Å². The van der Waals surface area contributed by atoms with Crippen LogP contribution in [0.4, 0.5) is 0 Å². The molecule has 3 nitrogen and oxygen atoms in total. The summed E-state index contributed by atoms with van der Waals surface area (Å²) in [6, 6.07) is 8.79. The topological polar surface area (TPSA) is 15.7 Å². The molecule has 2 aliphatic rings. The molecule has 0 aliphatic carbocycles. The van der Waals surface area contributed by atoms with E-state index in [1.807, 2.05) is 12.1 Å². The van der Waals surface area contributed by atoms with E-state index in [0.29, 0.717) is 18.1 Å². The fourth-order valence-electron chi connectivity index (χ4n) is 3.39. The first-order valence-electron chi connectivity index (χ1n) is 7.43. The van der Waals surface area contributed by atoms with Crippen molar-refractivity contribution in [1.82, 2.24) is 9.80 Å². The third-order valence-electron chi connectivity index (χ3n) is 4.60. The Balaban J connectivity index is 1.61. The highest BCUT2D eigenvalue weighted by atomic mass is 35.5. The Kier molecular flexibility index (Phi) is 4.32. The molecule has 3 unspecified atom stereocenters. The monoisotopic (exact) mass is 294 g/mol. The van der Waals surface area contributed by atoms with E-state index >= 15 is 0 Å². The summed E-state index contributed by atoms with van der Waals surface area (Å²) < 4.78 is 5.90. The first-order valence-corrected chi connectivity index (χ1v) is 7.81.